The maximum absolute atomic E-state index is 11.9. The molecular formula is C23H31N6O+. The zero-order valence-corrected chi connectivity index (χ0v) is 17.8. The number of nitrogens with two attached hydrogens (primary N) is 1. The SMILES string of the molecule is C/C(=C\C(C)([NH3+])c1ccc(N2CCC3(CC3)C2)nc1)CN(C(N)=O)c1cccnc1. The molecule has 7 heteroatoms. The molecule has 2 aromatic heterocycles. The van der Waals surface area contributed by atoms with Crippen molar-refractivity contribution in [3.8, 4) is 0 Å². The summed E-state index contributed by atoms with van der Waals surface area (Å²) in [5.74, 6) is 1.05. The van der Waals surface area contributed by atoms with Crippen LogP contribution in [0.4, 0.5) is 16.3 Å². The Morgan fingerprint density at radius 1 is 1.33 bits per heavy atom. The molecule has 158 valence electrons. The first-order valence-corrected chi connectivity index (χ1v) is 10.5. The molecule has 2 aromatic rings. The molecule has 1 unspecified atom stereocenters. The molecule has 7 nitrogen and oxygen atoms in total. The zero-order valence-electron chi connectivity index (χ0n) is 17.8. The first-order valence-electron chi connectivity index (χ1n) is 10.5. The summed E-state index contributed by atoms with van der Waals surface area (Å²) in [6, 6.07) is 7.32. The third-order valence-corrected chi connectivity index (χ3v) is 6.32. The first kappa shape index (κ1) is 20.3. The van der Waals surface area contributed by atoms with Gasteiger partial charge in [-0.3, -0.25) is 9.88 Å². The van der Waals surface area contributed by atoms with E-state index in [0.29, 0.717) is 17.6 Å². The molecule has 1 aliphatic heterocycles. The van der Waals surface area contributed by atoms with Crippen LogP contribution in [-0.2, 0) is 5.54 Å². The Balaban J connectivity index is 1.46. The largest absolute Gasteiger partial charge is 0.356 e. The second-order valence-electron chi connectivity index (χ2n) is 9.12. The van der Waals surface area contributed by atoms with Crippen molar-refractivity contribution in [1.82, 2.24) is 9.97 Å². The number of primary amides is 1. The van der Waals surface area contributed by atoms with Crippen LogP contribution in [0, 0.1) is 5.41 Å². The van der Waals surface area contributed by atoms with Gasteiger partial charge in [-0.05, 0) is 68.9 Å². The lowest BCUT2D eigenvalue weighted by Crippen LogP contribution is -2.67. The molecule has 0 aromatic carbocycles. The second kappa shape index (κ2) is 7.72. The van der Waals surface area contributed by atoms with Crippen molar-refractivity contribution in [3.05, 3.63) is 60.1 Å². The summed E-state index contributed by atoms with van der Waals surface area (Å²) in [5.41, 5.74) is 12.8. The Labute approximate surface area is 177 Å². The van der Waals surface area contributed by atoms with E-state index in [-0.39, 0.29) is 0 Å². The third-order valence-electron chi connectivity index (χ3n) is 6.32. The van der Waals surface area contributed by atoms with Crippen molar-refractivity contribution in [3.63, 3.8) is 0 Å². The fraction of sp³-hybridized carbons (Fsp3) is 0.435. The van der Waals surface area contributed by atoms with Crippen LogP contribution >= 0.6 is 0 Å². The highest BCUT2D eigenvalue weighted by molar-refractivity contribution is 5.90. The first-order chi connectivity index (χ1) is 14.3. The minimum atomic E-state index is -0.508. The standard InChI is InChI=1S/C23H30N6O/c1-17(15-29(21(24)30)19-4-3-10-26-14-19)12-22(2,25)18-5-6-20(27-13-18)28-11-9-23(16-28)7-8-23/h3-6,10,12-14H,7-9,11,15-16,25H2,1-2H3,(H2,24,30)/p+1/b17-12+. The molecule has 3 heterocycles. The number of carbonyl (C=O) groups excluding carboxylic acids is 1. The van der Waals surface area contributed by atoms with Crippen LogP contribution < -0.4 is 21.3 Å². The molecule has 1 saturated carbocycles. The number of carbonyl (C=O) groups is 1. The Hall–Kier alpha value is -2.93. The molecule has 0 radical (unpaired) electrons. The van der Waals surface area contributed by atoms with E-state index in [2.05, 4.69) is 40.8 Å². The van der Waals surface area contributed by atoms with E-state index in [1.54, 1.807) is 18.5 Å². The molecular weight excluding hydrogens is 376 g/mol. The lowest BCUT2D eigenvalue weighted by atomic mass is 9.92. The van der Waals surface area contributed by atoms with Gasteiger partial charge in [0.05, 0.1) is 11.9 Å². The van der Waals surface area contributed by atoms with Gasteiger partial charge in [0.1, 0.15) is 11.4 Å². The molecule has 2 fully saturated rings. The number of quaternary nitrogens is 1. The van der Waals surface area contributed by atoms with Crippen LogP contribution in [0.5, 0.6) is 0 Å². The summed E-state index contributed by atoms with van der Waals surface area (Å²) in [6.45, 7) is 6.66. The van der Waals surface area contributed by atoms with Gasteiger partial charge in [-0.15, -0.1) is 0 Å². The highest BCUT2D eigenvalue weighted by atomic mass is 16.2. The summed E-state index contributed by atoms with van der Waals surface area (Å²) in [5, 5.41) is 0. The lowest BCUT2D eigenvalue weighted by Gasteiger charge is -2.24. The number of rotatable bonds is 6. The normalized spacial score (nSPS) is 19.6. The Kier molecular flexibility index (Phi) is 5.24. The summed E-state index contributed by atoms with van der Waals surface area (Å²) >= 11 is 0. The number of amides is 2. The number of aromatic nitrogens is 2. The van der Waals surface area contributed by atoms with Gasteiger partial charge in [-0.25, -0.2) is 9.78 Å². The molecule has 4 rings (SSSR count). The number of urea groups is 1. The third kappa shape index (κ3) is 4.31. The predicted molar refractivity (Wildman–Crippen MR) is 118 cm³/mol. The van der Waals surface area contributed by atoms with Crippen molar-refractivity contribution in [2.24, 2.45) is 11.1 Å². The minimum absolute atomic E-state index is 0.382. The van der Waals surface area contributed by atoms with Gasteiger partial charge in [0.15, 0.2) is 0 Å². The molecule has 30 heavy (non-hydrogen) atoms. The molecule has 2 amide bonds. The number of anilines is 2. The highest BCUT2D eigenvalue weighted by Gasteiger charge is 2.47. The molecule has 0 bridgehead atoms. The number of nitrogens with zero attached hydrogens (tertiary/aromatic N) is 4. The van der Waals surface area contributed by atoms with Crippen LogP contribution in [0.15, 0.2) is 54.5 Å². The monoisotopic (exact) mass is 407 g/mol. The number of hydrogen-bond acceptors (Lipinski definition) is 4. The van der Waals surface area contributed by atoms with Crippen molar-refractivity contribution in [1.29, 1.82) is 0 Å². The average molecular weight is 408 g/mol. The topological polar surface area (TPSA) is 103 Å². The van der Waals surface area contributed by atoms with E-state index in [0.717, 1.165) is 30.0 Å². The number of hydrogen-bond donors (Lipinski definition) is 2. The van der Waals surface area contributed by atoms with Crippen molar-refractivity contribution >= 4 is 17.5 Å². The summed E-state index contributed by atoms with van der Waals surface area (Å²) in [6.07, 6.45) is 11.3. The molecule has 1 atom stereocenters. The van der Waals surface area contributed by atoms with Gasteiger partial charge in [-0.2, -0.15) is 0 Å². The highest BCUT2D eigenvalue weighted by Crippen LogP contribution is 2.53. The zero-order chi connectivity index (χ0) is 21.4. The molecule has 1 spiro atoms. The van der Waals surface area contributed by atoms with E-state index < -0.39 is 11.6 Å². The van der Waals surface area contributed by atoms with Crippen LogP contribution in [0.2, 0.25) is 0 Å². The van der Waals surface area contributed by atoms with Crippen LogP contribution in [0.3, 0.4) is 0 Å². The summed E-state index contributed by atoms with van der Waals surface area (Å²) in [7, 11) is 0. The molecule has 5 N–H and O–H groups in total. The average Bonchev–Trinajstić information content (AvgIpc) is 3.35. The van der Waals surface area contributed by atoms with E-state index in [1.165, 1.54) is 24.2 Å². The van der Waals surface area contributed by atoms with Crippen molar-refractivity contribution < 1.29 is 10.5 Å². The maximum atomic E-state index is 11.9. The van der Waals surface area contributed by atoms with Gasteiger partial charge in [0, 0.05) is 37.6 Å². The van der Waals surface area contributed by atoms with E-state index >= 15 is 0 Å². The van der Waals surface area contributed by atoms with Gasteiger partial charge >= 0.3 is 6.03 Å². The van der Waals surface area contributed by atoms with E-state index in [4.69, 9.17) is 10.7 Å². The molecule has 1 saturated heterocycles. The van der Waals surface area contributed by atoms with Crippen LogP contribution in [0.1, 0.15) is 38.7 Å². The summed E-state index contributed by atoms with van der Waals surface area (Å²) < 4.78 is 0. The maximum Gasteiger partial charge on any atom is 0.319 e. The van der Waals surface area contributed by atoms with Gasteiger partial charge in [0.2, 0.25) is 0 Å². The lowest BCUT2D eigenvalue weighted by molar-refractivity contribution is -0.462. The van der Waals surface area contributed by atoms with Gasteiger partial charge in [0.25, 0.3) is 0 Å². The van der Waals surface area contributed by atoms with E-state index in [9.17, 15) is 4.79 Å². The smallest absolute Gasteiger partial charge is 0.319 e. The Morgan fingerprint density at radius 2 is 2.13 bits per heavy atom. The minimum Gasteiger partial charge on any atom is -0.356 e. The van der Waals surface area contributed by atoms with Crippen LogP contribution in [0.25, 0.3) is 0 Å². The van der Waals surface area contributed by atoms with Gasteiger partial charge in [-0.1, -0.05) is 5.57 Å². The van der Waals surface area contributed by atoms with Crippen LogP contribution in [-0.4, -0.2) is 35.6 Å². The van der Waals surface area contributed by atoms with E-state index in [1.807, 2.05) is 19.2 Å². The quantitative estimate of drug-likeness (QED) is 0.718. The fourth-order valence-electron chi connectivity index (χ4n) is 4.36. The number of pyridine rings is 2. The fourth-order valence-corrected chi connectivity index (χ4v) is 4.36. The van der Waals surface area contributed by atoms with Gasteiger partial charge < -0.3 is 16.4 Å². The summed E-state index contributed by atoms with van der Waals surface area (Å²) in [4.78, 5) is 24.7. The van der Waals surface area contributed by atoms with Crippen molar-refractivity contribution in [2.75, 3.05) is 29.4 Å². The second-order valence-corrected chi connectivity index (χ2v) is 9.12. The molecule has 1 aliphatic carbocycles. The molecule has 2 aliphatic rings. The predicted octanol–water partition coefficient (Wildman–Crippen LogP) is 2.46. The Morgan fingerprint density at radius 3 is 2.70 bits per heavy atom. The Bertz CT molecular complexity index is 934. The van der Waals surface area contributed by atoms with Crippen molar-refractivity contribution in [2.45, 2.75) is 38.6 Å².